The Morgan fingerprint density at radius 2 is 1.96 bits per heavy atom. The number of nitrogens with one attached hydrogen (secondary N) is 2. The first-order chi connectivity index (χ1) is 11.2. The van der Waals surface area contributed by atoms with Crippen molar-refractivity contribution in [3.8, 4) is 5.69 Å². The lowest BCUT2D eigenvalue weighted by Gasteiger charge is -2.10. The molecule has 0 spiro atoms. The van der Waals surface area contributed by atoms with E-state index in [1.54, 1.807) is 31.0 Å². The Labute approximate surface area is 135 Å². The van der Waals surface area contributed by atoms with Crippen molar-refractivity contribution in [1.82, 2.24) is 20.4 Å². The monoisotopic (exact) mass is 319 g/mol. The average Bonchev–Trinajstić information content (AvgIpc) is 3.03. The van der Waals surface area contributed by atoms with Gasteiger partial charge in [-0.1, -0.05) is 0 Å². The van der Waals surface area contributed by atoms with Crippen LogP contribution in [0.1, 0.15) is 5.69 Å². The zero-order valence-corrected chi connectivity index (χ0v) is 13.4. The second kappa shape index (κ2) is 8.89. The lowest BCUT2D eigenvalue weighted by atomic mass is 10.3. The Balaban J connectivity index is 1.81. The fourth-order valence-electron chi connectivity index (χ4n) is 2.03. The predicted molar refractivity (Wildman–Crippen MR) is 88.5 cm³/mol. The van der Waals surface area contributed by atoms with E-state index >= 15 is 0 Å². The van der Waals surface area contributed by atoms with Gasteiger partial charge in [-0.2, -0.15) is 5.10 Å². The molecule has 0 aliphatic rings. The minimum atomic E-state index is -0.252. The third-order valence-electron chi connectivity index (χ3n) is 3.23. The number of guanidine groups is 1. The van der Waals surface area contributed by atoms with Crippen LogP contribution in [0.4, 0.5) is 4.39 Å². The van der Waals surface area contributed by atoms with Gasteiger partial charge in [-0.3, -0.25) is 4.99 Å². The van der Waals surface area contributed by atoms with Crippen molar-refractivity contribution in [1.29, 1.82) is 0 Å². The molecule has 1 heterocycles. The van der Waals surface area contributed by atoms with Crippen molar-refractivity contribution in [2.75, 3.05) is 33.9 Å². The minimum absolute atomic E-state index is 0.252. The van der Waals surface area contributed by atoms with Crippen LogP contribution in [-0.2, 0) is 11.2 Å². The van der Waals surface area contributed by atoms with Gasteiger partial charge in [-0.25, -0.2) is 9.07 Å². The van der Waals surface area contributed by atoms with Gasteiger partial charge < -0.3 is 15.4 Å². The summed E-state index contributed by atoms with van der Waals surface area (Å²) in [5.41, 5.74) is 1.79. The molecule has 1 aromatic carbocycles. The molecule has 2 aromatic rings. The van der Waals surface area contributed by atoms with Gasteiger partial charge in [-0.05, 0) is 30.3 Å². The number of hydrogen-bond donors (Lipinski definition) is 2. The molecule has 0 aliphatic carbocycles. The van der Waals surface area contributed by atoms with Crippen LogP contribution in [0.2, 0.25) is 0 Å². The summed E-state index contributed by atoms with van der Waals surface area (Å²) >= 11 is 0. The van der Waals surface area contributed by atoms with Gasteiger partial charge in [0.2, 0.25) is 0 Å². The van der Waals surface area contributed by atoms with Crippen LogP contribution in [0.15, 0.2) is 41.5 Å². The molecule has 2 rings (SSSR count). The number of aromatic nitrogens is 2. The number of hydrogen-bond acceptors (Lipinski definition) is 3. The van der Waals surface area contributed by atoms with Gasteiger partial charge in [0, 0.05) is 39.9 Å². The van der Waals surface area contributed by atoms with Gasteiger partial charge in [0.1, 0.15) is 5.82 Å². The molecule has 0 bridgehead atoms. The van der Waals surface area contributed by atoms with E-state index in [9.17, 15) is 4.39 Å². The quantitative estimate of drug-likeness (QED) is 0.460. The molecule has 0 radical (unpaired) electrons. The van der Waals surface area contributed by atoms with Gasteiger partial charge in [0.25, 0.3) is 0 Å². The Morgan fingerprint density at radius 1 is 1.22 bits per heavy atom. The molecule has 0 unspecified atom stereocenters. The summed E-state index contributed by atoms with van der Waals surface area (Å²) in [6.45, 7) is 2.05. The maximum atomic E-state index is 12.9. The van der Waals surface area contributed by atoms with Crippen LogP contribution in [-0.4, -0.2) is 49.6 Å². The summed E-state index contributed by atoms with van der Waals surface area (Å²) < 4.78 is 19.6. The van der Waals surface area contributed by atoms with Gasteiger partial charge in [-0.15, -0.1) is 0 Å². The van der Waals surface area contributed by atoms with E-state index in [0.717, 1.165) is 23.8 Å². The first kappa shape index (κ1) is 17.0. The van der Waals surface area contributed by atoms with E-state index in [1.807, 2.05) is 12.3 Å². The van der Waals surface area contributed by atoms with Crippen LogP contribution in [0.25, 0.3) is 5.69 Å². The molecule has 0 saturated heterocycles. The topological polar surface area (TPSA) is 63.5 Å². The summed E-state index contributed by atoms with van der Waals surface area (Å²) in [4.78, 5) is 4.13. The Morgan fingerprint density at radius 3 is 2.65 bits per heavy atom. The molecule has 1 aromatic heterocycles. The summed E-state index contributed by atoms with van der Waals surface area (Å²) in [7, 11) is 3.39. The summed E-state index contributed by atoms with van der Waals surface area (Å²) in [5, 5.41) is 10.8. The van der Waals surface area contributed by atoms with Crippen molar-refractivity contribution in [2.45, 2.75) is 6.42 Å². The van der Waals surface area contributed by atoms with E-state index in [2.05, 4.69) is 20.7 Å². The molecule has 2 N–H and O–H groups in total. The number of rotatable bonds is 7. The van der Waals surface area contributed by atoms with Crippen molar-refractivity contribution >= 4 is 5.96 Å². The van der Waals surface area contributed by atoms with Gasteiger partial charge in [0.15, 0.2) is 5.96 Å². The second-order valence-corrected chi connectivity index (χ2v) is 4.90. The summed E-state index contributed by atoms with van der Waals surface area (Å²) in [5.74, 6) is 0.484. The first-order valence-electron chi connectivity index (χ1n) is 7.47. The number of nitrogens with zero attached hydrogens (tertiary/aromatic N) is 3. The number of methoxy groups -OCH3 is 1. The molecule has 0 saturated carbocycles. The highest BCUT2D eigenvalue weighted by molar-refractivity contribution is 5.79. The minimum Gasteiger partial charge on any atom is -0.383 e. The number of aliphatic imine (C=N–C) groups is 1. The molecule has 6 nitrogen and oxygen atoms in total. The third kappa shape index (κ3) is 5.37. The molecular formula is C16H22FN5O. The van der Waals surface area contributed by atoms with E-state index in [1.165, 1.54) is 12.1 Å². The molecule has 0 fully saturated rings. The SMILES string of the molecule is CN=C(NCCOC)NCCc1ccn(-c2ccc(F)cc2)n1. The lowest BCUT2D eigenvalue weighted by molar-refractivity contribution is 0.203. The molecule has 0 atom stereocenters. The van der Waals surface area contributed by atoms with Crippen LogP contribution in [0.3, 0.4) is 0 Å². The zero-order chi connectivity index (χ0) is 16.5. The Bertz CT molecular complexity index is 624. The van der Waals surface area contributed by atoms with Crippen LogP contribution < -0.4 is 10.6 Å². The highest BCUT2D eigenvalue weighted by atomic mass is 19.1. The van der Waals surface area contributed by atoms with E-state index in [4.69, 9.17) is 4.74 Å². The molecular weight excluding hydrogens is 297 g/mol. The maximum Gasteiger partial charge on any atom is 0.191 e. The number of ether oxygens (including phenoxy) is 1. The largest absolute Gasteiger partial charge is 0.383 e. The van der Waals surface area contributed by atoms with Crippen molar-refractivity contribution in [3.63, 3.8) is 0 Å². The third-order valence-corrected chi connectivity index (χ3v) is 3.23. The second-order valence-electron chi connectivity index (χ2n) is 4.90. The highest BCUT2D eigenvalue weighted by Gasteiger charge is 2.03. The molecule has 124 valence electrons. The smallest absolute Gasteiger partial charge is 0.191 e. The molecule has 0 amide bonds. The first-order valence-corrected chi connectivity index (χ1v) is 7.47. The van der Waals surface area contributed by atoms with Crippen LogP contribution >= 0.6 is 0 Å². The fraction of sp³-hybridized carbons (Fsp3) is 0.375. The summed E-state index contributed by atoms with van der Waals surface area (Å²) in [6.07, 6.45) is 2.63. The fourth-order valence-corrected chi connectivity index (χ4v) is 2.03. The standard InChI is InChI=1S/C16H22FN5O/c1-18-16(20-10-12-23-2)19-9-7-14-8-11-22(21-14)15-5-3-13(17)4-6-15/h3-6,8,11H,7,9-10,12H2,1-2H3,(H2,18,19,20). The van der Waals surface area contributed by atoms with Crippen LogP contribution in [0.5, 0.6) is 0 Å². The van der Waals surface area contributed by atoms with Crippen molar-refractivity contribution in [2.24, 2.45) is 4.99 Å². The zero-order valence-electron chi connectivity index (χ0n) is 13.4. The number of benzene rings is 1. The number of halogens is 1. The van der Waals surface area contributed by atoms with Crippen LogP contribution in [0, 0.1) is 5.82 Å². The normalized spacial score (nSPS) is 11.5. The van der Waals surface area contributed by atoms with E-state index < -0.39 is 0 Å². The maximum absolute atomic E-state index is 12.9. The molecule has 23 heavy (non-hydrogen) atoms. The Hall–Kier alpha value is -2.41. The van der Waals surface area contributed by atoms with Gasteiger partial charge in [0.05, 0.1) is 18.0 Å². The van der Waals surface area contributed by atoms with E-state index in [-0.39, 0.29) is 5.82 Å². The van der Waals surface area contributed by atoms with Crippen molar-refractivity contribution < 1.29 is 9.13 Å². The lowest BCUT2D eigenvalue weighted by Crippen LogP contribution is -2.39. The summed E-state index contributed by atoms with van der Waals surface area (Å²) in [6, 6.07) is 8.20. The molecule has 0 aliphatic heterocycles. The van der Waals surface area contributed by atoms with E-state index in [0.29, 0.717) is 19.7 Å². The molecule has 7 heteroatoms. The van der Waals surface area contributed by atoms with Crippen molar-refractivity contribution in [3.05, 3.63) is 48.0 Å². The van der Waals surface area contributed by atoms with Gasteiger partial charge >= 0.3 is 0 Å². The predicted octanol–water partition coefficient (Wildman–Crippen LogP) is 1.37. The Kier molecular flexibility index (Phi) is 6.56. The average molecular weight is 319 g/mol. The highest BCUT2D eigenvalue weighted by Crippen LogP contribution is 2.09.